The Morgan fingerprint density at radius 1 is 1.04 bits per heavy atom. The van der Waals surface area contributed by atoms with Gasteiger partial charge in [0.05, 0.1) is 19.8 Å². The van der Waals surface area contributed by atoms with Crippen LogP contribution in [0.2, 0.25) is 0 Å². The van der Waals surface area contributed by atoms with Gasteiger partial charge in [0.15, 0.2) is 11.5 Å². The van der Waals surface area contributed by atoms with Gasteiger partial charge in [0.1, 0.15) is 6.54 Å². The quantitative estimate of drug-likeness (QED) is 0.676. The second kappa shape index (κ2) is 9.12. The van der Waals surface area contributed by atoms with Gasteiger partial charge < -0.3 is 21.9 Å². The minimum absolute atomic E-state index is 0. The molecule has 3 nitrogen and oxygen atoms in total. The Bertz CT molecular complexity index is 759. The van der Waals surface area contributed by atoms with Crippen molar-refractivity contribution in [1.29, 1.82) is 0 Å². The number of methoxy groups -OCH3 is 2. The first-order chi connectivity index (χ1) is 11.8. The lowest BCUT2D eigenvalue weighted by Gasteiger charge is -2.17. The number of hydrogen-bond acceptors (Lipinski definition) is 2. The Morgan fingerprint density at radius 3 is 2.48 bits per heavy atom. The van der Waals surface area contributed by atoms with Gasteiger partial charge in [-0.3, -0.25) is 0 Å². The lowest BCUT2D eigenvalue weighted by molar-refractivity contribution is -0.457. The van der Waals surface area contributed by atoms with E-state index in [1.54, 1.807) is 14.2 Å². The van der Waals surface area contributed by atoms with E-state index in [1.165, 1.54) is 28.0 Å². The fourth-order valence-corrected chi connectivity index (χ4v) is 3.39. The zero-order valence-electron chi connectivity index (χ0n) is 14.6. The van der Waals surface area contributed by atoms with Crippen molar-refractivity contribution in [3.05, 3.63) is 58.7 Å². The van der Waals surface area contributed by atoms with E-state index >= 15 is 0 Å². The average molecular weight is 380 g/mol. The van der Waals surface area contributed by atoms with Crippen LogP contribution in [-0.4, -0.2) is 32.4 Å². The monoisotopic (exact) mass is 379 g/mol. The van der Waals surface area contributed by atoms with Gasteiger partial charge in [0, 0.05) is 17.9 Å². The van der Waals surface area contributed by atoms with Crippen LogP contribution in [0, 0.1) is 0 Å². The molecule has 0 atom stereocenters. The third-order valence-corrected chi connectivity index (χ3v) is 4.71. The van der Waals surface area contributed by atoms with Crippen LogP contribution in [0.5, 0.6) is 11.5 Å². The minimum Gasteiger partial charge on any atom is -1.00 e. The molecule has 134 valence electrons. The molecule has 0 aromatic heterocycles. The number of hydrogen-bond donors (Lipinski definition) is 1. The summed E-state index contributed by atoms with van der Waals surface area (Å²) in [6.07, 6.45) is 2.93. The SMILES string of the molecule is COc1cc2c(cc1OC)C(c1ccccc1CCCCl)=[NH+]CC2.[Cl-]. The Morgan fingerprint density at radius 2 is 1.76 bits per heavy atom. The lowest BCUT2D eigenvalue weighted by Crippen LogP contribution is -3.00. The Kier molecular flexibility index (Phi) is 7.15. The highest BCUT2D eigenvalue weighted by atomic mass is 35.5. The maximum absolute atomic E-state index is 5.89. The van der Waals surface area contributed by atoms with Crippen molar-refractivity contribution in [3.8, 4) is 11.5 Å². The zero-order chi connectivity index (χ0) is 16.9. The summed E-state index contributed by atoms with van der Waals surface area (Å²) in [5.74, 6) is 2.22. The number of halogens is 2. The van der Waals surface area contributed by atoms with E-state index in [4.69, 9.17) is 21.1 Å². The summed E-state index contributed by atoms with van der Waals surface area (Å²) < 4.78 is 10.9. The summed E-state index contributed by atoms with van der Waals surface area (Å²) in [4.78, 5) is 3.58. The molecule has 2 aromatic carbocycles. The van der Waals surface area contributed by atoms with Crippen molar-refractivity contribution in [1.82, 2.24) is 0 Å². The molecular formula is C20H23Cl2NO2. The number of rotatable bonds is 6. The molecule has 3 rings (SSSR count). The van der Waals surface area contributed by atoms with E-state index in [0.717, 1.165) is 37.3 Å². The van der Waals surface area contributed by atoms with E-state index in [0.29, 0.717) is 5.88 Å². The van der Waals surface area contributed by atoms with Gasteiger partial charge >= 0.3 is 0 Å². The van der Waals surface area contributed by atoms with Gasteiger partial charge in [-0.15, -0.1) is 11.6 Å². The first-order valence-corrected chi connectivity index (χ1v) is 8.82. The van der Waals surface area contributed by atoms with Crippen molar-refractivity contribution in [2.24, 2.45) is 0 Å². The first kappa shape index (κ1) is 19.6. The summed E-state index contributed by atoms with van der Waals surface area (Å²) in [7, 11) is 3.35. The summed E-state index contributed by atoms with van der Waals surface area (Å²) >= 11 is 5.89. The van der Waals surface area contributed by atoms with Crippen LogP contribution >= 0.6 is 11.6 Å². The molecule has 1 aliphatic heterocycles. The van der Waals surface area contributed by atoms with Crippen molar-refractivity contribution >= 4 is 17.3 Å². The van der Waals surface area contributed by atoms with Gasteiger partial charge in [0.25, 0.3) is 0 Å². The van der Waals surface area contributed by atoms with Crippen LogP contribution in [0.25, 0.3) is 0 Å². The molecule has 0 fully saturated rings. The van der Waals surface area contributed by atoms with Crippen LogP contribution in [0.3, 0.4) is 0 Å². The van der Waals surface area contributed by atoms with Gasteiger partial charge in [-0.25, -0.2) is 4.99 Å². The molecule has 0 radical (unpaired) electrons. The summed E-state index contributed by atoms with van der Waals surface area (Å²) in [6, 6.07) is 12.7. The third kappa shape index (κ3) is 4.10. The zero-order valence-corrected chi connectivity index (χ0v) is 16.1. The van der Waals surface area contributed by atoms with Gasteiger partial charge in [-0.2, -0.15) is 0 Å². The molecule has 25 heavy (non-hydrogen) atoms. The van der Waals surface area contributed by atoms with Gasteiger partial charge in [-0.05, 0) is 42.2 Å². The largest absolute Gasteiger partial charge is 1.00 e. The number of aryl methyl sites for hydroxylation is 1. The number of ether oxygens (including phenoxy) is 2. The van der Waals surface area contributed by atoms with E-state index in [2.05, 4.69) is 41.4 Å². The van der Waals surface area contributed by atoms with E-state index < -0.39 is 0 Å². The molecule has 0 amide bonds. The van der Waals surface area contributed by atoms with Crippen LogP contribution in [-0.2, 0) is 12.8 Å². The topological polar surface area (TPSA) is 32.4 Å². The molecule has 1 aliphatic rings. The summed E-state index contributed by atoms with van der Waals surface area (Å²) in [5, 5.41) is 0. The Balaban J connectivity index is 0.00000225. The number of fused-ring (bicyclic) bond motifs is 1. The number of benzene rings is 2. The molecule has 0 bridgehead atoms. The van der Waals surface area contributed by atoms with E-state index in [1.807, 2.05) is 0 Å². The highest BCUT2D eigenvalue weighted by Crippen LogP contribution is 2.32. The molecule has 0 aliphatic carbocycles. The Hall–Kier alpha value is -1.71. The average Bonchev–Trinajstić information content (AvgIpc) is 2.64. The molecule has 0 unspecified atom stereocenters. The van der Waals surface area contributed by atoms with Crippen molar-refractivity contribution in [2.75, 3.05) is 26.6 Å². The summed E-state index contributed by atoms with van der Waals surface area (Å²) in [6.45, 7) is 0.918. The predicted octanol–water partition coefficient (Wildman–Crippen LogP) is -0.647. The van der Waals surface area contributed by atoms with E-state index in [-0.39, 0.29) is 12.4 Å². The third-order valence-electron chi connectivity index (χ3n) is 4.44. The standard InChI is InChI=1S/C20H22ClNO2.ClH/c1-23-18-12-15-9-11-22-20(17(15)13-19(18)24-2)16-8-4-3-6-14(16)7-5-10-21;/h3-4,6,8,12-13H,5,7,9-11H2,1-2H3;1H. The fourth-order valence-electron chi connectivity index (χ4n) is 3.26. The van der Waals surface area contributed by atoms with Crippen molar-refractivity contribution in [3.63, 3.8) is 0 Å². The van der Waals surface area contributed by atoms with Crippen LogP contribution in [0.15, 0.2) is 36.4 Å². The van der Waals surface area contributed by atoms with Crippen molar-refractivity contribution in [2.45, 2.75) is 19.3 Å². The second-order valence-electron chi connectivity index (χ2n) is 5.87. The van der Waals surface area contributed by atoms with Crippen LogP contribution < -0.4 is 26.9 Å². The molecule has 5 heteroatoms. The van der Waals surface area contributed by atoms with Gasteiger partial charge in [-0.1, -0.05) is 18.2 Å². The summed E-state index contributed by atoms with van der Waals surface area (Å²) in [5.41, 5.74) is 6.22. The highest BCUT2D eigenvalue weighted by Gasteiger charge is 2.25. The molecule has 0 spiro atoms. The number of nitrogens with one attached hydrogen (secondary N) is 1. The van der Waals surface area contributed by atoms with E-state index in [9.17, 15) is 0 Å². The lowest BCUT2D eigenvalue weighted by atomic mass is 9.89. The maximum Gasteiger partial charge on any atom is 0.213 e. The molecule has 2 aromatic rings. The fraction of sp³-hybridized carbons (Fsp3) is 0.350. The molecule has 0 saturated carbocycles. The smallest absolute Gasteiger partial charge is 0.213 e. The molecule has 1 heterocycles. The van der Waals surface area contributed by atoms with Crippen LogP contribution in [0.1, 0.15) is 28.7 Å². The van der Waals surface area contributed by atoms with Gasteiger partial charge in [0.2, 0.25) is 5.71 Å². The predicted molar refractivity (Wildman–Crippen MR) is 97.8 cm³/mol. The molecule has 1 N–H and O–H groups in total. The van der Waals surface area contributed by atoms with Crippen LogP contribution in [0.4, 0.5) is 0 Å². The Labute approximate surface area is 160 Å². The minimum atomic E-state index is 0. The van der Waals surface area contributed by atoms with Crippen molar-refractivity contribution < 1.29 is 26.9 Å². The highest BCUT2D eigenvalue weighted by molar-refractivity contribution is 6.17. The normalized spacial score (nSPS) is 12.7. The number of alkyl halides is 1. The maximum atomic E-state index is 5.89. The molecular weight excluding hydrogens is 357 g/mol. The first-order valence-electron chi connectivity index (χ1n) is 8.28. The second-order valence-corrected chi connectivity index (χ2v) is 6.24. The molecule has 0 saturated heterocycles.